The predicted octanol–water partition coefficient (Wildman–Crippen LogP) is 1.87. The van der Waals surface area contributed by atoms with E-state index in [0.29, 0.717) is 24.5 Å². The van der Waals surface area contributed by atoms with E-state index in [1.54, 1.807) is 13.8 Å². The van der Waals surface area contributed by atoms with Gasteiger partial charge in [-0.25, -0.2) is 18.0 Å². The van der Waals surface area contributed by atoms with Crippen molar-refractivity contribution in [2.75, 3.05) is 33.4 Å². The Kier molecular flexibility index (Phi) is 7.35. The van der Waals surface area contributed by atoms with Crippen LogP contribution in [0.15, 0.2) is 29.2 Å². The van der Waals surface area contributed by atoms with E-state index >= 15 is 0 Å². The van der Waals surface area contributed by atoms with Crippen molar-refractivity contribution in [1.29, 1.82) is 0 Å². The Bertz CT molecular complexity index is 1160. The highest BCUT2D eigenvalue weighted by atomic mass is 32.2. The number of H-pyrrole nitrogens is 1. The molecule has 0 radical (unpaired) electrons. The molecule has 11 heteroatoms. The molecule has 0 amide bonds. The number of ketones is 1. The van der Waals surface area contributed by atoms with Gasteiger partial charge in [0.15, 0.2) is 6.10 Å². The number of carbonyl (C=O) groups excluding carboxylic acids is 3. The molecule has 1 unspecified atom stereocenters. The van der Waals surface area contributed by atoms with Crippen LogP contribution in [0.1, 0.15) is 49.4 Å². The average molecular weight is 479 g/mol. The largest absolute Gasteiger partial charge is 0.465 e. The van der Waals surface area contributed by atoms with Gasteiger partial charge in [0.1, 0.15) is 0 Å². The molecular formula is C22H26N2O8S. The number of hydrogen-bond donors (Lipinski definition) is 1. The average Bonchev–Trinajstić information content (AvgIpc) is 3.12. The number of rotatable bonds is 7. The molecule has 2 aromatic rings. The number of aromatic nitrogens is 1. The molecular weight excluding hydrogens is 452 g/mol. The van der Waals surface area contributed by atoms with Gasteiger partial charge in [-0.1, -0.05) is 0 Å². The molecule has 1 saturated heterocycles. The van der Waals surface area contributed by atoms with Crippen LogP contribution in [0.3, 0.4) is 0 Å². The Morgan fingerprint density at radius 2 is 1.67 bits per heavy atom. The van der Waals surface area contributed by atoms with Crippen LogP contribution in [0.25, 0.3) is 0 Å². The van der Waals surface area contributed by atoms with Crippen molar-refractivity contribution in [3.63, 3.8) is 0 Å². The van der Waals surface area contributed by atoms with Crippen molar-refractivity contribution in [3.8, 4) is 0 Å². The number of benzene rings is 1. The fourth-order valence-corrected chi connectivity index (χ4v) is 5.00. The fourth-order valence-electron chi connectivity index (χ4n) is 3.59. The zero-order valence-corrected chi connectivity index (χ0v) is 19.7. The Morgan fingerprint density at radius 3 is 2.24 bits per heavy atom. The number of aryl methyl sites for hydroxylation is 1. The quantitative estimate of drug-likeness (QED) is 0.471. The third-order valence-corrected chi connectivity index (χ3v) is 7.34. The Labute approximate surface area is 191 Å². The van der Waals surface area contributed by atoms with Crippen LogP contribution in [0, 0.1) is 13.8 Å². The normalized spacial score (nSPS) is 15.6. The SMILES string of the molecule is COC(=O)c1c(C)[nH]c(C(=O)C(C)OC(=O)c2ccc(S(=O)(=O)N3CCOCC3)cc2)c1C. The van der Waals surface area contributed by atoms with Crippen molar-refractivity contribution >= 4 is 27.7 Å². The highest BCUT2D eigenvalue weighted by Gasteiger charge is 2.29. The monoisotopic (exact) mass is 478 g/mol. The molecule has 178 valence electrons. The first-order valence-electron chi connectivity index (χ1n) is 10.3. The summed E-state index contributed by atoms with van der Waals surface area (Å²) >= 11 is 0. The summed E-state index contributed by atoms with van der Waals surface area (Å²) in [5.41, 5.74) is 1.39. The highest BCUT2D eigenvalue weighted by molar-refractivity contribution is 7.89. The van der Waals surface area contributed by atoms with E-state index in [2.05, 4.69) is 4.98 Å². The molecule has 0 aliphatic carbocycles. The number of sulfonamides is 1. The minimum Gasteiger partial charge on any atom is -0.465 e. The molecule has 0 spiro atoms. The number of Topliss-reactive ketones (excluding diaryl/α,β-unsaturated/α-hetero) is 1. The summed E-state index contributed by atoms with van der Waals surface area (Å²) < 4.78 is 41.9. The van der Waals surface area contributed by atoms with E-state index in [4.69, 9.17) is 14.2 Å². The second-order valence-corrected chi connectivity index (χ2v) is 9.51. The summed E-state index contributed by atoms with van der Waals surface area (Å²) in [4.78, 5) is 40.2. The topological polar surface area (TPSA) is 132 Å². The second-order valence-electron chi connectivity index (χ2n) is 7.57. The van der Waals surface area contributed by atoms with Gasteiger partial charge in [-0.05, 0) is 50.6 Å². The number of ether oxygens (including phenoxy) is 3. The summed E-state index contributed by atoms with van der Waals surface area (Å²) in [5, 5.41) is 0. The summed E-state index contributed by atoms with van der Waals surface area (Å²) in [6.07, 6.45) is -1.14. The van der Waals surface area contributed by atoms with Gasteiger partial charge in [-0.3, -0.25) is 4.79 Å². The van der Waals surface area contributed by atoms with Gasteiger partial charge in [0, 0.05) is 18.8 Å². The molecule has 10 nitrogen and oxygen atoms in total. The minimum atomic E-state index is -3.69. The standard InChI is InChI=1S/C22H26N2O8S/c1-13-18(22(27)30-4)14(2)23-19(13)20(25)15(3)32-21(26)16-5-7-17(8-6-16)33(28,29)24-9-11-31-12-10-24/h5-8,15,23H,9-12H2,1-4H3. The molecule has 0 bridgehead atoms. The smallest absolute Gasteiger partial charge is 0.339 e. The molecule has 1 atom stereocenters. The number of morpholine rings is 1. The van der Waals surface area contributed by atoms with Gasteiger partial charge >= 0.3 is 11.9 Å². The van der Waals surface area contributed by atoms with Crippen molar-refractivity contribution in [1.82, 2.24) is 9.29 Å². The van der Waals surface area contributed by atoms with E-state index in [1.165, 1.54) is 42.6 Å². The van der Waals surface area contributed by atoms with Gasteiger partial charge in [0.2, 0.25) is 15.8 Å². The molecule has 2 heterocycles. The molecule has 33 heavy (non-hydrogen) atoms. The van der Waals surface area contributed by atoms with Crippen LogP contribution in [0.4, 0.5) is 0 Å². The lowest BCUT2D eigenvalue weighted by Gasteiger charge is -2.26. The number of carbonyl (C=O) groups is 3. The van der Waals surface area contributed by atoms with Crippen LogP contribution < -0.4 is 0 Å². The van der Waals surface area contributed by atoms with Gasteiger partial charge in [0.05, 0.1) is 42.0 Å². The lowest BCUT2D eigenvalue weighted by atomic mass is 10.1. The number of hydrogen-bond acceptors (Lipinski definition) is 8. The summed E-state index contributed by atoms with van der Waals surface area (Å²) in [6, 6.07) is 5.34. The Balaban J connectivity index is 1.71. The highest BCUT2D eigenvalue weighted by Crippen LogP contribution is 2.22. The number of nitrogens with zero attached hydrogens (tertiary/aromatic N) is 1. The molecule has 1 aromatic heterocycles. The van der Waals surface area contributed by atoms with E-state index in [-0.39, 0.29) is 34.8 Å². The number of esters is 2. The van der Waals surface area contributed by atoms with Crippen LogP contribution in [0.2, 0.25) is 0 Å². The van der Waals surface area contributed by atoms with Crippen LogP contribution >= 0.6 is 0 Å². The fraction of sp³-hybridized carbons (Fsp3) is 0.409. The first-order chi connectivity index (χ1) is 15.6. The van der Waals surface area contributed by atoms with E-state index in [0.717, 1.165) is 0 Å². The van der Waals surface area contributed by atoms with Gasteiger partial charge in [-0.15, -0.1) is 0 Å². The first-order valence-corrected chi connectivity index (χ1v) is 11.7. The van der Waals surface area contributed by atoms with E-state index in [1.807, 2.05) is 0 Å². The zero-order valence-electron chi connectivity index (χ0n) is 18.8. The number of nitrogens with one attached hydrogen (secondary N) is 1. The van der Waals surface area contributed by atoms with Crippen LogP contribution in [0.5, 0.6) is 0 Å². The maximum Gasteiger partial charge on any atom is 0.339 e. The van der Waals surface area contributed by atoms with Crippen LogP contribution in [-0.4, -0.2) is 74.9 Å². The van der Waals surface area contributed by atoms with E-state index < -0.39 is 33.8 Å². The van der Waals surface area contributed by atoms with Gasteiger partial charge < -0.3 is 19.2 Å². The molecule has 1 N–H and O–H groups in total. The maximum atomic E-state index is 12.8. The molecule has 1 aliphatic rings. The van der Waals surface area contributed by atoms with E-state index in [9.17, 15) is 22.8 Å². The molecule has 0 saturated carbocycles. The Hall–Kier alpha value is -3.02. The van der Waals surface area contributed by atoms with Crippen molar-refractivity contribution in [3.05, 3.63) is 52.3 Å². The van der Waals surface area contributed by atoms with Gasteiger partial charge in [0.25, 0.3) is 0 Å². The van der Waals surface area contributed by atoms with Crippen molar-refractivity contribution in [2.45, 2.75) is 31.8 Å². The number of aromatic amines is 1. The Morgan fingerprint density at radius 1 is 1.06 bits per heavy atom. The molecule has 1 fully saturated rings. The number of methoxy groups -OCH3 is 1. The summed E-state index contributed by atoms with van der Waals surface area (Å²) in [6.45, 7) is 5.85. The molecule has 3 rings (SSSR count). The van der Waals surface area contributed by atoms with Crippen LogP contribution in [-0.2, 0) is 24.2 Å². The molecule has 1 aliphatic heterocycles. The summed E-state index contributed by atoms with van der Waals surface area (Å²) in [5.74, 6) is -1.86. The third kappa shape index (κ3) is 5.00. The molecule has 1 aromatic carbocycles. The lowest BCUT2D eigenvalue weighted by Crippen LogP contribution is -2.40. The third-order valence-electron chi connectivity index (χ3n) is 5.42. The maximum absolute atomic E-state index is 12.8. The van der Waals surface area contributed by atoms with Crippen molar-refractivity contribution in [2.24, 2.45) is 0 Å². The van der Waals surface area contributed by atoms with Crippen molar-refractivity contribution < 1.29 is 37.0 Å². The predicted molar refractivity (Wildman–Crippen MR) is 117 cm³/mol. The zero-order chi connectivity index (χ0) is 24.3. The van der Waals surface area contributed by atoms with Gasteiger partial charge in [-0.2, -0.15) is 4.31 Å². The lowest BCUT2D eigenvalue weighted by molar-refractivity contribution is 0.0316. The summed E-state index contributed by atoms with van der Waals surface area (Å²) in [7, 11) is -2.44. The minimum absolute atomic E-state index is 0.0536. The first kappa shape index (κ1) is 24.6. The second kappa shape index (κ2) is 9.86.